The number of furan rings is 1. The molecule has 3 rings (SSSR count). The number of likely N-dealkylation sites (tertiary alicyclic amines) is 1. The van der Waals surface area contributed by atoms with Gasteiger partial charge in [-0.25, -0.2) is 4.79 Å². The third-order valence-corrected chi connectivity index (χ3v) is 4.91. The lowest BCUT2D eigenvalue weighted by Crippen LogP contribution is -2.39. The molecule has 0 saturated carbocycles. The molecular formula is C18H18Cl2N2O4. The van der Waals surface area contributed by atoms with Crippen molar-refractivity contribution in [2.24, 2.45) is 0 Å². The first-order valence-electron chi connectivity index (χ1n) is 8.14. The molecule has 138 valence electrons. The summed E-state index contributed by atoms with van der Waals surface area (Å²) in [5.74, 6) is -0.144. The Morgan fingerprint density at radius 3 is 2.92 bits per heavy atom. The van der Waals surface area contributed by atoms with Crippen molar-refractivity contribution in [1.82, 2.24) is 4.90 Å². The Morgan fingerprint density at radius 1 is 1.35 bits per heavy atom. The molecule has 1 aliphatic rings. The third-order valence-electron chi connectivity index (χ3n) is 4.35. The Bertz CT molecular complexity index is 821. The maximum atomic E-state index is 12.7. The minimum absolute atomic E-state index is 0.169. The molecule has 0 spiro atoms. The van der Waals surface area contributed by atoms with Crippen LogP contribution in [0.5, 0.6) is 0 Å². The van der Waals surface area contributed by atoms with Crippen molar-refractivity contribution < 1.29 is 18.7 Å². The number of amides is 1. The number of carbonyl (C=O) groups is 2. The second-order valence-electron chi connectivity index (χ2n) is 5.99. The summed E-state index contributed by atoms with van der Waals surface area (Å²) >= 11 is 12.1. The molecule has 1 fully saturated rings. The maximum absolute atomic E-state index is 12.7. The van der Waals surface area contributed by atoms with Crippen molar-refractivity contribution in [3.05, 3.63) is 51.9 Å². The minimum Gasteiger partial charge on any atom is -0.467 e. The van der Waals surface area contributed by atoms with E-state index in [1.165, 1.54) is 13.4 Å². The number of esters is 1. The molecule has 2 aromatic rings. The zero-order valence-electron chi connectivity index (χ0n) is 14.1. The molecule has 26 heavy (non-hydrogen) atoms. The SMILES string of the molecule is COC(=O)c1ccoc1CN1CCC[C@@H]1C(=O)Nc1cc(Cl)ccc1Cl. The first kappa shape index (κ1) is 18.8. The first-order chi connectivity index (χ1) is 12.5. The summed E-state index contributed by atoms with van der Waals surface area (Å²) in [6.07, 6.45) is 3.02. The topological polar surface area (TPSA) is 71.8 Å². The molecule has 1 N–H and O–H groups in total. The highest BCUT2D eigenvalue weighted by Crippen LogP contribution is 2.28. The smallest absolute Gasteiger partial charge is 0.341 e. The van der Waals surface area contributed by atoms with Crippen LogP contribution >= 0.6 is 23.2 Å². The molecule has 1 atom stereocenters. The molecule has 0 radical (unpaired) electrons. The highest BCUT2D eigenvalue weighted by atomic mass is 35.5. The number of benzene rings is 1. The fourth-order valence-corrected chi connectivity index (χ4v) is 3.40. The van der Waals surface area contributed by atoms with E-state index in [1.807, 2.05) is 4.90 Å². The highest BCUT2D eigenvalue weighted by Gasteiger charge is 2.32. The molecule has 0 aliphatic carbocycles. The van der Waals surface area contributed by atoms with Gasteiger partial charge in [-0.05, 0) is 43.7 Å². The second-order valence-corrected chi connectivity index (χ2v) is 6.83. The lowest BCUT2D eigenvalue weighted by molar-refractivity contribution is -0.120. The van der Waals surface area contributed by atoms with E-state index < -0.39 is 5.97 Å². The Morgan fingerprint density at radius 2 is 2.15 bits per heavy atom. The van der Waals surface area contributed by atoms with Crippen molar-refractivity contribution >= 4 is 40.8 Å². The summed E-state index contributed by atoms with van der Waals surface area (Å²) in [5, 5.41) is 3.75. The Hall–Kier alpha value is -2.02. The van der Waals surface area contributed by atoms with Gasteiger partial charge >= 0.3 is 5.97 Å². The quantitative estimate of drug-likeness (QED) is 0.773. The minimum atomic E-state index is -0.459. The second kappa shape index (κ2) is 8.12. The number of ether oxygens (including phenoxy) is 1. The molecule has 2 heterocycles. The van der Waals surface area contributed by atoms with Gasteiger partial charge in [0.05, 0.1) is 36.7 Å². The molecule has 1 saturated heterocycles. The average molecular weight is 397 g/mol. The van der Waals surface area contributed by atoms with Crippen LogP contribution in [0.4, 0.5) is 5.69 Å². The molecule has 1 amide bonds. The Labute approximate surface area is 161 Å². The zero-order valence-corrected chi connectivity index (χ0v) is 15.6. The molecule has 1 aromatic carbocycles. The van der Waals surface area contributed by atoms with Gasteiger partial charge in [0.25, 0.3) is 0 Å². The lowest BCUT2D eigenvalue weighted by atomic mass is 10.2. The van der Waals surface area contributed by atoms with Crippen LogP contribution < -0.4 is 5.32 Å². The summed E-state index contributed by atoms with van der Waals surface area (Å²) in [7, 11) is 1.32. The van der Waals surface area contributed by atoms with E-state index >= 15 is 0 Å². The van der Waals surface area contributed by atoms with Gasteiger partial charge in [-0.3, -0.25) is 9.69 Å². The highest BCUT2D eigenvalue weighted by molar-refractivity contribution is 6.35. The number of hydrogen-bond donors (Lipinski definition) is 1. The van der Waals surface area contributed by atoms with Crippen molar-refractivity contribution in [2.75, 3.05) is 19.0 Å². The summed E-state index contributed by atoms with van der Waals surface area (Å²) in [6, 6.07) is 6.13. The Kier molecular flexibility index (Phi) is 5.86. The van der Waals surface area contributed by atoms with E-state index in [0.29, 0.717) is 40.0 Å². The molecule has 1 aromatic heterocycles. The molecule has 0 bridgehead atoms. The fourth-order valence-electron chi connectivity index (χ4n) is 3.06. The number of nitrogens with zero attached hydrogens (tertiary/aromatic N) is 1. The summed E-state index contributed by atoms with van der Waals surface area (Å²) in [5.41, 5.74) is 0.848. The summed E-state index contributed by atoms with van der Waals surface area (Å²) in [6.45, 7) is 1.07. The van der Waals surface area contributed by atoms with Gasteiger partial charge < -0.3 is 14.5 Å². The Balaban J connectivity index is 1.72. The van der Waals surface area contributed by atoms with Crippen LogP contribution in [0.15, 0.2) is 34.9 Å². The fraction of sp³-hybridized carbons (Fsp3) is 0.333. The number of hydrogen-bond acceptors (Lipinski definition) is 5. The van der Waals surface area contributed by atoms with Gasteiger partial charge in [0.1, 0.15) is 11.3 Å². The summed E-state index contributed by atoms with van der Waals surface area (Å²) in [4.78, 5) is 26.5. The normalized spacial score (nSPS) is 17.3. The molecule has 0 unspecified atom stereocenters. The van der Waals surface area contributed by atoms with Gasteiger partial charge in [0.2, 0.25) is 5.91 Å². The van der Waals surface area contributed by atoms with E-state index in [2.05, 4.69) is 5.32 Å². The summed E-state index contributed by atoms with van der Waals surface area (Å²) < 4.78 is 10.2. The number of anilines is 1. The number of methoxy groups -OCH3 is 1. The largest absolute Gasteiger partial charge is 0.467 e. The van der Waals surface area contributed by atoms with Gasteiger partial charge in [-0.1, -0.05) is 23.2 Å². The number of nitrogens with one attached hydrogen (secondary N) is 1. The van der Waals surface area contributed by atoms with Gasteiger partial charge in [-0.2, -0.15) is 0 Å². The van der Waals surface area contributed by atoms with E-state index in [1.54, 1.807) is 24.3 Å². The van der Waals surface area contributed by atoms with Crippen LogP contribution in [0.25, 0.3) is 0 Å². The lowest BCUT2D eigenvalue weighted by Gasteiger charge is -2.23. The van der Waals surface area contributed by atoms with E-state index in [4.69, 9.17) is 32.4 Å². The van der Waals surface area contributed by atoms with E-state index in [9.17, 15) is 9.59 Å². The van der Waals surface area contributed by atoms with E-state index in [0.717, 1.165) is 13.0 Å². The monoisotopic (exact) mass is 396 g/mol. The van der Waals surface area contributed by atoms with Gasteiger partial charge in [0, 0.05) is 5.02 Å². The van der Waals surface area contributed by atoms with Crippen LogP contribution in [0.3, 0.4) is 0 Å². The standard InChI is InChI=1S/C18H18Cl2N2O4/c1-25-18(24)12-6-8-26-16(12)10-22-7-2-3-15(22)17(23)21-14-9-11(19)4-5-13(14)20/h4-6,8-9,15H,2-3,7,10H2,1H3,(H,21,23)/t15-/m1/s1. The average Bonchev–Trinajstić information content (AvgIpc) is 3.27. The number of halogens is 2. The van der Waals surface area contributed by atoms with Crippen LogP contribution in [-0.2, 0) is 16.1 Å². The molecule has 1 aliphatic heterocycles. The predicted octanol–water partition coefficient (Wildman–Crippen LogP) is 3.98. The maximum Gasteiger partial charge on any atom is 0.341 e. The number of rotatable bonds is 5. The van der Waals surface area contributed by atoms with Crippen molar-refractivity contribution in [3.8, 4) is 0 Å². The van der Waals surface area contributed by atoms with E-state index in [-0.39, 0.29) is 11.9 Å². The number of carbonyl (C=O) groups excluding carboxylic acids is 2. The predicted molar refractivity (Wildman–Crippen MR) is 98.6 cm³/mol. The zero-order chi connectivity index (χ0) is 18.7. The third kappa shape index (κ3) is 4.03. The van der Waals surface area contributed by atoms with Gasteiger partial charge in [-0.15, -0.1) is 0 Å². The van der Waals surface area contributed by atoms with Gasteiger partial charge in [0.15, 0.2) is 0 Å². The van der Waals surface area contributed by atoms with Crippen molar-refractivity contribution in [1.29, 1.82) is 0 Å². The molecular weight excluding hydrogens is 379 g/mol. The molecule has 6 nitrogen and oxygen atoms in total. The van der Waals surface area contributed by atoms with Crippen LogP contribution in [0.2, 0.25) is 10.0 Å². The first-order valence-corrected chi connectivity index (χ1v) is 8.90. The van der Waals surface area contributed by atoms with Crippen molar-refractivity contribution in [3.63, 3.8) is 0 Å². The molecule has 8 heteroatoms. The van der Waals surface area contributed by atoms with Crippen molar-refractivity contribution in [2.45, 2.75) is 25.4 Å². The van der Waals surface area contributed by atoms with Crippen LogP contribution in [0.1, 0.15) is 29.0 Å². The van der Waals surface area contributed by atoms with Crippen LogP contribution in [-0.4, -0.2) is 36.5 Å². The van der Waals surface area contributed by atoms with Crippen LogP contribution in [0, 0.1) is 0 Å².